The number of aliphatic carboxylic acids is 1. The summed E-state index contributed by atoms with van der Waals surface area (Å²) in [5, 5.41) is 13.6. The molecule has 0 saturated heterocycles. The van der Waals surface area contributed by atoms with Gasteiger partial charge in [-0.25, -0.2) is 9.59 Å². The van der Waals surface area contributed by atoms with Crippen molar-refractivity contribution in [3.05, 3.63) is 0 Å². The standard InChI is InChI=1S/C13H22N2O6/c1-20-11(16)7-10(12(17)18)15-13(19)14-5-2-6-21-8-9-3-4-9/h9-10H,2-8H2,1H3,(H,17,18)(H2,14,15,19)/t10-/m0/s1. The van der Waals surface area contributed by atoms with Crippen LogP contribution in [0.5, 0.6) is 0 Å². The predicted octanol–water partition coefficient (Wildman–Crippen LogP) is 0.119. The lowest BCUT2D eigenvalue weighted by Gasteiger charge is -2.14. The molecule has 0 aromatic heterocycles. The first-order valence-electron chi connectivity index (χ1n) is 6.94. The lowest BCUT2D eigenvalue weighted by molar-refractivity contribution is -0.147. The van der Waals surface area contributed by atoms with Crippen LogP contribution in [0.2, 0.25) is 0 Å². The van der Waals surface area contributed by atoms with E-state index >= 15 is 0 Å². The molecule has 0 radical (unpaired) electrons. The quantitative estimate of drug-likeness (QED) is 0.390. The van der Waals surface area contributed by atoms with E-state index in [1.54, 1.807) is 0 Å². The maximum Gasteiger partial charge on any atom is 0.326 e. The summed E-state index contributed by atoms with van der Waals surface area (Å²) in [6, 6.07) is -1.93. The van der Waals surface area contributed by atoms with Gasteiger partial charge in [0, 0.05) is 19.8 Å². The van der Waals surface area contributed by atoms with E-state index in [4.69, 9.17) is 9.84 Å². The number of rotatable bonds is 10. The van der Waals surface area contributed by atoms with E-state index in [1.165, 1.54) is 12.8 Å². The first-order chi connectivity index (χ1) is 10.0. The third kappa shape index (κ3) is 8.13. The van der Waals surface area contributed by atoms with Crippen LogP contribution in [0.1, 0.15) is 25.7 Å². The molecule has 1 fully saturated rings. The number of hydrogen-bond acceptors (Lipinski definition) is 5. The molecule has 0 aromatic carbocycles. The summed E-state index contributed by atoms with van der Waals surface area (Å²) in [4.78, 5) is 33.4. The molecule has 0 bridgehead atoms. The molecular weight excluding hydrogens is 280 g/mol. The zero-order valence-corrected chi connectivity index (χ0v) is 12.1. The number of carboxylic acids is 1. The highest BCUT2D eigenvalue weighted by Gasteiger charge is 2.23. The van der Waals surface area contributed by atoms with Gasteiger partial charge in [-0.15, -0.1) is 0 Å². The zero-order valence-electron chi connectivity index (χ0n) is 12.1. The highest BCUT2D eigenvalue weighted by molar-refractivity contribution is 5.86. The Kier molecular flexibility index (Phi) is 7.52. The Balaban J connectivity index is 2.10. The molecule has 3 N–H and O–H groups in total. The van der Waals surface area contributed by atoms with Crippen molar-refractivity contribution in [2.45, 2.75) is 31.7 Å². The molecule has 1 atom stereocenters. The Morgan fingerprint density at radius 1 is 1.33 bits per heavy atom. The van der Waals surface area contributed by atoms with Crippen molar-refractivity contribution in [1.82, 2.24) is 10.6 Å². The van der Waals surface area contributed by atoms with Crippen LogP contribution in [0, 0.1) is 5.92 Å². The summed E-state index contributed by atoms with van der Waals surface area (Å²) < 4.78 is 9.77. The third-order valence-electron chi connectivity index (χ3n) is 3.00. The van der Waals surface area contributed by atoms with Gasteiger partial charge in [-0.3, -0.25) is 4.79 Å². The van der Waals surface area contributed by atoms with Crippen LogP contribution in [-0.4, -0.2) is 56.0 Å². The smallest absolute Gasteiger partial charge is 0.326 e. The average Bonchev–Trinajstić information content (AvgIpc) is 3.25. The minimum absolute atomic E-state index is 0.376. The van der Waals surface area contributed by atoms with Crippen LogP contribution in [-0.2, 0) is 19.1 Å². The Morgan fingerprint density at radius 2 is 2.05 bits per heavy atom. The summed E-state index contributed by atoms with van der Waals surface area (Å²) in [6.45, 7) is 1.70. The number of methoxy groups -OCH3 is 1. The van der Waals surface area contributed by atoms with Crippen molar-refractivity contribution in [3.8, 4) is 0 Å². The molecule has 1 saturated carbocycles. The second-order valence-electron chi connectivity index (χ2n) is 4.94. The van der Waals surface area contributed by atoms with Crippen LogP contribution in [0.4, 0.5) is 4.79 Å². The maximum atomic E-state index is 11.5. The zero-order chi connectivity index (χ0) is 15.7. The monoisotopic (exact) mass is 302 g/mol. The van der Waals surface area contributed by atoms with Gasteiger partial charge in [-0.1, -0.05) is 0 Å². The Hall–Kier alpha value is -1.83. The van der Waals surface area contributed by atoms with Gasteiger partial charge in [0.15, 0.2) is 0 Å². The number of hydrogen-bond donors (Lipinski definition) is 3. The van der Waals surface area contributed by atoms with Crippen molar-refractivity contribution in [1.29, 1.82) is 0 Å². The Bertz CT molecular complexity index is 370. The van der Waals surface area contributed by atoms with Crippen LogP contribution in [0.25, 0.3) is 0 Å². The van der Waals surface area contributed by atoms with E-state index in [2.05, 4.69) is 15.4 Å². The second kappa shape index (κ2) is 9.17. The van der Waals surface area contributed by atoms with Crippen LogP contribution in [0.3, 0.4) is 0 Å². The number of carbonyl (C=O) groups excluding carboxylic acids is 2. The van der Waals surface area contributed by atoms with Gasteiger partial charge in [0.1, 0.15) is 6.04 Å². The van der Waals surface area contributed by atoms with E-state index in [9.17, 15) is 14.4 Å². The van der Waals surface area contributed by atoms with Crippen LogP contribution < -0.4 is 10.6 Å². The summed E-state index contributed by atoms with van der Waals surface area (Å²) in [6.07, 6.45) is 2.70. The molecule has 0 heterocycles. The van der Waals surface area contributed by atoms with Crippen molar-refractivity contribution in [2.24, 2.45) is 5.92 Å². The fourth-order valence-electron chi connectivity index (χ4n) is 1.57. The molecule has 0 aliphatic heterocycles. The molecule has 21 heavy (non-hydrogen) atoms. The molecule has 1 aliphatic rings. The topological polar surface area (TPSA) is 114 Å². The fourth-order valence-corrected chi connectivity index (χ4v) is 1.57. The summed E-state index contributed by atoms with van der Waals surface area (Å²) in [7, 11) is 1.16. The predicted molar refractivity (Wildman–Crippen MR) is 72.8 cm³/mol. The molecule has 1 rings (SSSR count). The highest BCUT2D eigenvalue weighted by atomic mass is 16.5. The summed E-state index contributed by atoms with van der Waals surface area (Å²) in [5.74, 6) is -1.28. The lowest BCUT2D eigenvalue weighted by atomic mass is 10.2. The molecule has 0 unspecified atom stereocenters. The van der Waals surface area contributed by atoms with Gasteiger partial charge in [0.05, 0.1) is 13.5 Å². The lowest BCUT2D eigenvalue weighted by Crippen LogP contribution is -2.47. The van der Waals surface area contributed by atoms with Gasteiger partial charge in [-0.05, 0) is 25.2 Å². The molecule has 1 aliphatic carbocycles. The fraction of sp³-hybridized carbons (Fsp3) is 0.769. The van der Waals surface area contributed by atoms with Crippen molar-refractivity contribution >= 4 is 18.0 Å². The van der Waals surface area contributed by atoms with E-state index < -0.39 is 30.4 Å². The molecule has 8 nitrogen and oxygen atoms in total. The van der Waals surface area contributed by atoms with E-state index in [0.29, 0.717) is 25.5 Å². The molecule has 0 spiro atoms. The van der Waals surface area contributed by atoms with Gasteiger partial charge in [0.2, 0.25) is 0 Å². The van der Waals surface area contributed by atoms with Crippen LogP contribution in [0.15, 0.2) is 0 Å². The van der Waals surface area contributed by atoms with Gasteiger partial charge >= 0.3 is 18.0 Å². The minimum Gasteiger partial charge on any atom is -0.480 e. The maximum absolute atomic E-state index is 11.5. The average molecular weight is 302 g/mol. The van der Waals surface area contributed by atoms with Crippen molar-refractivity contribution < 1.29 is 29.0 Å². The first-order valence-corrected chi connectivity index (χ1v) is 6.94. The summed E-state index contributed by atoms with van der Waals surface area (Å²) >= 11 is 0. The van der Waals surface area contributed by atoms with Crippen molar-refractivity contribution in [3.63, 3.8) is 0 Å². The largest absolute Gasteiger partial charge is 0.480 e. The van der Waals surface area contributed by atoms with Crippen LogP contribution >= 0.6 is 0 Å². The number of nitrogens with one attached hydrogen (secondary N) is 2. The Morgan fingerprint density at radius 3 is 2.62 bits per heavy atom. The van der Waals surface area contributed by atoms with Gasteiger partial charge in [0.25, 0.3) is 0 Å². The first kappa shape index (κ1) is 17.2. The molecule has 2 amide bonds. The number of carboxylic acid groups (broad SMARTS) is 1. The van der Waals surface area contributed by atoms with E-state index in [-0.39, 0.29) is 0 Å². The molecule has 0 aromatic rings. The number of carbonyl (C=O) groups is 3. The second-order valence-corrected chi connectivity index (χ2v) is 4.94. The summed E-state index contributed by atoms with van der Waals surface area (Å²) in [5.41, 5.74) is 0. The highest BCUT2D eigenvalue weighted by Crippen LogP contribution is 2.28. The molecule has 8 heteroatoms. The normalized spacial score (nSPS) is 15.1. The third-order valence-corrected chi connectivity index (χ3v) is 3.00. The number of ether oxygens (including phenoxy) is 2. The van der Waals surface area contributed by atoms with Crippen molar-refractivity contribution in [2.75, 3.05) is 26.9 Å². The van der Waals surface area contributed by atoms with Gasteiger partial charge < -0.3 is 25.2 Å². The SMILES string of the molecule is COC(=O)C[C@H](NC(=O)NCCCOCC1CC1)C(=O)O. The number of amides is 2. The van der Waals surface area contributed by atoms with E-state index in [0.717, 1.165) is 13.7 Å². The van der Waals surface area contributed by atoms with Gasteiger partial charge in [-0.2, -0.15) is 0 Å². The Labute approximate surface area is 123 Å². The molecule has 120 valence electrons. The number of esters is 1. The molecular formula is C13H22N2O6. The number of urea groups is 1. The van der Waals surface area contributed by atoms with E-state index in [1.807, 2.05) is 0 Å². The minimum atomic E-state index is -1.30.